The molecule has 1 rings (SSSR count). The van der Waals surface area contributed by atoms with Crippen molar-refractivity contribution in [1.82, 2.24) is 0 Å². The van der Waals surface area contributed by atoms with Crippen LogP contribution in [0, 0.1) is 13.8 Å². The second-order valence-corrected chi connectivity index (χ2v) is 3.62. The molecule has 0 aliphatic heterocycles. The standard InChI is InChI=1S/C10H13ClO2/c1-5-4-8(13)9(7(3)12)6(2)10(5)11/h4,7,12-13H,1-3H3. The molecule has 0 bridgehead atoms. The van der Waals surface area contributed by atoms with Crippen LogP contribution in [0.1, 0.15) is 29.7 Å². The summed E-state index contributed by atoms with van der Waals surface area (Å²) in [7, 11) is 0. The lowest BCUT2D eigenvalue weighted by molar-refractivity contribution is 0.194. The maximum atomic E-state index is 9.55. The third-order valence-corrected chi connectivity index (χ3v) is 2.71. The van der Waals surface area contributed by atoms with Crippen LogP contribution in [0.5, 0.6) is 5.75 Å². The van der Waals surface area contributed by atoms with Crippen molar-refractivity contribution in [2.24, 2.45) is 0 Å². The van der Waals surface area contributed by atoms with Gasteiger partial charge in [-0.2, -0.15) is 0 Å². The molecule has 0 heterocycles. The molecular formula is C10H13ClO2. The zero-order valence-corrected chi connectivity index (χ0v) is 8.68. The molecule has 0 radical (unpaired) electrons. The summed E-state index contributed by atoms with van der Waals surface area (Å²) in [6.07, 6.45) is -0.696. The number of benzene rings is 1. The Balaban J connectivity index is 3.44. The van der Waals surface area contributed by atoms with Gasteiger partial charge in [0.2, 0.25) is 0 Å². The van der Waals surface area contributed by atoms with Crippen molar-refractivity contribution in [2.45, 2.75) is 26.9 Å². The molecule has 1 aromatic rings. The molecule has 72 valence electrons. The predicted molar refractivity (Wildman–Crippen MR) is 53.2 cm³/mol. The molecule has 13 heavy (non-hydrogen) atoms. The van der Waals surface area contributed by atoms with E-state index >= 15 is 0 Å². The van der Waals surface area contributed by atoms with E-state index in [1.54, 1.807) is 19.9 Å². The Morgan fingerprint density at radius 1 is 1.38 bits per heavy atom. The van der Waals surface area contributed by atoms with E-state index in [1.807, 2.05) is 6.92 Å². The van der Waals surface area contributed by atoms with Crippen LogP contribution < -0.4 is 0 Å². The van der Waals surface area contributed by atoms with Crippen LogP contribution in [0.3, 0.4) is 0 Å². The highest BCUT2D eigenvalue weighted by atomic mass is 35.5. The van der Waals surface area contributed by atoms with E-state index in [2.05, 4.69) is 0 Å². The summed E-state index contributed by atoms with van der Waals surface area (Å²) in [4.78, 5) is 0. The molecule has 0 aliphatic rings. The van der Waals surface area contributed by atoms with Crippen molar-refractivity contribution in [3.63, 3.8) is 0 Å². The Morgan fingerprint density at radius 3 is 2.38 bits per heavy atom. The number of halogens is 1. The fraction of sp³-hybridized carbons (Fsp3) is 0.400. The van der Waals surface area contributed by atoms with Gasteiger partial charge in [-0.1, -0.05) is 11.6 Å². The molecule has 0 saturated carbocycles. The predicted octanol–water partition coefficient (Wildman–Crippen LogP) is 2.72. The summed E-state index contributed by atoms with van der Waals surface area (Å²) in [5, 5.41) is 19.5. The summed E-state index contributed by atoms with van der Waals surface area (Å²) >= 11 is 5.98. The molecule has 3 heteroatoms. The molecular weight excluding hydrogens is 188 g/mol. The van der Waals surface area contributed by atoms with Gasteiger partial charge in [0.05, 0.1) is 6.10 Å². The number of phenolic OH excluding ortho intramolecular Hbond substituents is 1. The lowest BCUT2D eigenvalue weighted by atomic mass is 10.0. The van der Waals surface area contributed by atoms with Crippen molar-refractivity contribution in [3.8, 4) is 5.75 Å². The Labute approximate surface area is 82.8 Å². The van der Waals surface area contributed by atoms with Crippen LogP contribution in [-0.4, -0.2) is 10.2 Å². The van der Waals surface area contributed by atoms with E-state index in [9.17, 15) is 10.2 Å². The van der Waals surface area contributed by atoms with Gasteiger partial charge in [-0.15, -0.1) is 0 Å². The number of phenols is 1. The van der Waals surface area contributed by atoms with E-state index in [0.29, 0.717) is 10.6 Å². The largest absolute Gasteiger partial charge is 0.508 e. The Hall–Kier alpha value is -0.730. The average Bonchev–Trinajstić information content (AvgIpc) is 1.99. The van der Waals surface area contributed by atoms with Gasteiger partial charge in [-0.25, -0.2) is 0 Å². The van der Waals surface area contributed by atoms with Gasteiger partial charge in [-0.05, 0) is 38.0 Å². The highest BCUT2D eigenvalue weighted by Crippen LogP contribution is 2.34. The first-order valence-corrected chi connectivity index (χ1v) is 4.49. The number of hydrogen-bond donors (Lipinski definition) is 2. The Bertz CT molecular complexity index is 332. The second-order valence-electron chi connectivity index (χ2n) is 3.24. The van der Waals surface area contributed by atoms with Gasteiger partial charge in [0.1, 0.15) is 5.75 Å². The highest BCUT2D eigenvalue weighted by molar-refractivity contribution is 6.32. The Kier molecular flexibility index (Phi) is 2.84. The average molecular weight is 201 g/mol. The fourth-order valence-corrected chi connectivity index (χ4v) is 1.64. The number of aryl methyl sites for hydroxylation is 1. The monoisotopic (exact) mass is 200 g/mol. The van der Waals surface area contributed by atoms with Gasteiger partial charge in [0, 0.05) is 10.6 Å². The molecule has 0 spiro atoms. The van der Waals surface area contributed by atoms with Gasteiger partial charge in [-0.3, -0.25) is 0 Å². The van der Waals surface area contributed by atoms with Crippen LogP contribution >= 0.6 is 11.6 Å². The molecule has 0 aliphatic carbocycles. The smallest absolute Gasteiger partial charge is 0.122 e. The van der Waals surface area contributed by atoms with Crippen LogP contribution in [0.4, 0.5) is 0 Å². The minimum Gasteiger partial charge on any atom is -0.508 e. The molecule has 0 aromatic heterocycles. The minimum absolute atomic E-state index is 0.106. The van der Waals surface area contributed by atoms with E-state index in [-0.39, 0.29) is 5.75 Å². The molecule has 1 unspecified atom stereocenters. The number of aliphatic hydroxyl groups is 1. The summed E-state index contributed by atoms with van der Waals surface area (Å²) in [6, 6.07) is 1.57. The van der Waals surface area contributed by atoms with Gasteiger partial charge in [0.25, 0.3) is 0 Å². The molecule has 1 aromatic carbocycles. The van der Waals surface area contributed by atoms with Crippen LogP contribution in [0.2, 0.25) is 5.02 Å². The van der Waals surface area contributed by atoms with Crippen molar-refractivity contribution < 1.29 is 10.2 Å². The maximum Gasteiger partial charge on any atom is 0.122 e. The third kappa shape index (κ3) is 1.79. The number of rotatable bonds is 1. The molecule has 2 N–H and O–H groups in total. The summed E-state index contributed by atoms with van der Waals surface area (Å²) < 4.78 is 0. The van der Waals surface area contributed by atoms with Gasteiger partial charge < -0.3 is 10.2 Å². The third-order valence-electron chi connectivity index (χ3n) is 2.13. The van der Waals surface area contributed by atoms with E-state index < -0.39 is 6.10 Å². The van der Waals surface area contributed by atoms with Crippen molar-refractivity contribution in [1.29, 1.82) is 0 Å². The number of aliphatic hydroxyl groups excluding tert-OH is 1. The van der Waals surface area contributed by atoms with Crippen molar-refractivity contribution in [3.05, 3.63) is 27.8 Å². The zero-order valence-electron chi connectivity index (χ0n) is 7.93. The molecule has 0 fully saturated rings. The molecule has 0 saturated heterocycles. The van der Waals surface area contributed by atoms with E-state index in [1.165, 1.54) is 0 Å². The van der Waals surface area contributed by atoms with Crippen LogP contribution in [0.25, 0.3) is 0 Å². The molecule has 1 atom stereocenters. The SMILES string of the molecule is Cc1cc(O)c(C(C)O)c(C)c1Cl. The van der Waals surface area contributed by atoms with Gasteiger partial charge >= 0.3 is 0 Å². The highest BCUT2D eigenvalue weighted by Gasteiger charge is 2.14. The topological polar surface area (TPSA) is 40.5 Å². The number of hydrogen-bond acceptors (Lipinski definition) is 2. The Morgan fingerprint density at radius 2 is 1.92 bits per heavy atom. The van der Waals surface area contributed by atoms with Crippen LogP contribution in [0.15, 0.2) is 6.07 Å². The van der Waals surface area contributed by atoms with E-state index in [0.717, 1.165) is 11.1 Å². The number of aromatic hydroxyl groups is 1. The minimum atomic E-state index is -0.696. The molecule has 0 amide bonds. The zero-order chi connectivity index (χ0) is 10.2. The summed E-state index contributed by atoms with van der Waals surface area (Å²) in [5.41, 5.74) is 2.07. The van der Waals surface area contributed by atoms with Crippen LogP contribution in [-0.2, 0) is 0 Å². The fourth-order valence-electron chi connectivity index (χ4n) is 1.48. The first-order chi connectivity index (χ1) is 5.95. The lowest BCUT2D eigenvalue weighted by Gasteiger charge is -2.14. The maximum absolute atomic E-state index is 9.55. The van der Waals surface area contributed by atoms with E-state index in [4.69, 9.17) is 11.6 Å². The first-order valence-electron chi connectivity index (χ1n) is 4.11. The first kappa shape index (κ1) is 10.4. The van der Waals surface area contributed by atoms with Crippen molar-refractivity contribution >= 4 is 11.6 Å². The lowest BCUT2D eigenvalue weighted by Crippen LogP contribution is -1.97. The molecule has 2 nitrogen and oxygen atoms in total. The van der Waals surface area contributed by atoms with Gasteiger partial charge in [0.15, 0.2) is 0 Å². The normalized spacial score (nSPS) is 13.0. The summed E-state index contributed by atoms with van der Waals surface area (Å²) in [5.74, 6) is 0.106. The quantitative estimate of drug-likeness (QED) is 0.732. The second kappa shape index (κ2) is 3.56. The summed E-state index contributed by atoms with van der Waals surface area (Å²) in [6.45, 7) is 5.21. The van der Waals surface area contributed by atoms with Crippen molar-refractivity contribution in [2.75, 3.05) is 0 Å².